The van der Waals surface area contributed by atoms with Crippen molar-refractivity contribution in [2.45, 2.75) is 25.3 Å². The predicted octanol–water partition coefficient (Wildman–Crippen LogP) is 3.30. The van der Waals surface area contributed by atoms with Crippen molar-refractivity contribution in [3.63, 3.8) is 0 Å². The van der Waals surface area contributed by atoms with Crippen LogP contribution in [0.5, 0.6) is 5.75 Å². The lowest BCUT2D eigenvalue weighted by atomic mass is 9.63. The Morgan fingerprint density at radius 1 is 1.50 bits per heavy atom. The van der Waals surface area contributed by atoms with Crippen LogP contribution < -0.4 is 10.1 Å². The Labute approximate surface area is 113 Å². The Morgan fingerprint density at radius 3 is 2.67 bits per heavy atom. The molecule has 4 heteroatoms. The van der Waals surface area contributed by atoms with Crippen molar-refractivity contribution in [1.29, 1.82) is 5.26 Å². The molecule has 2 rings (SSSR count). The summed E-state index contributed by atoms with van der Waals surface area (Å²) < 4.78 is 5.38. The first-order valence-electron chi connectivity index (χ1n) is 6.09. The van der Waals surface area contributed by atoms with Crippen LogP contribution in [0.15, 0.2) is 18.2 Å². The molecule has 1 aromatic rings. The summed E-state index contributed by atoms with van der Waals surface area (Å²) in [6.07, 6.45) is 2.95. The van der Waals surface area contributed by atoms with Gasteiger partial charge in [0.05, 0.1) is 24.6 Å². The molecule has 1 aromatic carbocycles. The number of nitrogens with one attached hydrogen (secondary N) is 1. The van der Waals surface area contributed by atoms with E-state index in [4.69, 9.17) is 16.3 Å². The monoisotopic (exact) mass is 264 g/mol. The van der Waals surface area contributed by atoms with Gasteiger partial charge in [-0.1, -0.05) is 18.0 Å². The molecule has 18 heavy (non-hydrogen) atoms. The minimum Gasteiger partial charge on any atom is -0.496 e. The van der Waals surface area contributed by atoms with Crippen LogP contribution in [0.1, 0.15) is 30.9 Å². The Balaban J connectivity index is 2.44. The number of methoxy groups -OCH3 is 1. The van der Waals surface area contributed by atoms with Crippen LogP contribution in [0.4, 0.5) is 0 Å². The van der Waals surface area contributed by atoms with Gasteiger partial charge >= 0.3 is 0 Å². The maximum atomic E-state index is 9.47. The SMILES string of the molecule is CNC(c1cc(Cl)ccc1OC)C1(C#N)CCC1. The summed E-state index contributed by atoms with van der Waals surface area (Å²) in [5, 5.41) is 13.4. The largest absolute Gasteiger partial charge is 0.496 e. The summed E-state index contributed by atoms with van der Waals surface area (Å²) in [6.45, 7) is 0. The van der Waals surface area contributed by atoms with Crippen molar-refractivity contribution in [1.82, 2.24) is 5.32 Å². The van der Waals surface area contributed by atoms with Crippen LogP contribution in [0, 0.1) is 16.7 Å². The molecule has 1 aliphatic carbocycles. The fourth-order valence-corrected chi connectivity index (χ4v) is 2.86. The topological polar surface area (TPSA) is 45.0 Å². The zero-order valence-corrected chi connectivity index (χ0v) is 11.4. The van der Waals surface area contributed by atoms with Crippen LogP contribution in [0.2, 0.25) is 5.02 Å². The Bertz CT molecular complexity index is 477. The van der Waals surface area contributed by atoms with E-state index in [2.05, 4.69) is 11.4 Å². The molecule has 1 fully saturated rings. The number of benzene rings is 1. The number of hydrogen-bond donors (Lipinski definition) is 1. The lowest BCUT2D eigenvalue weighted by molar-refractivity contribution is 0.147. The molecule has 1 N–H and O–H groups in total. The zero-order valence-electron chi connectivity index (χ0n) is 10.7. The first-order valence-corrected chi connectivity index (χ1v) is 6.46. The molecule has 0 saturated heterocycles. The highest BCUT2D eigenvalue weighted by Crippen LogP contribution is 2.51. The van der Waals surface area contributed by atoms with Gasteiger partial charge in [0.2, 0.25) is 0 Å². The van der Waals surface area contributed by atoms with Crippen molar-refractivity contribution in [2.75, 3.05) is 14.2 Å². The van der Waals surface area contributed by atoms with Crippen molar-refractivity contribution >= 4 is 11.6 Å². The molecule has 0 aliphatic heterocycles. The molecule has 3 nitrogen and oxygen atoms in total. The molecule has 0 bridgehead atoms. The first-order chi connectivity index (χ1) is 8.66. The van der Waals surface area contributed by atoms with Gasteiger partial charge in [-0.15, -0.1) is 0 Å². The summed E-state index contributed by atoms with van der Waals surface area (Å²) in [4.78, 5) is 0. The van der Waals surface area contributed by atoms with Gasteiger partial charge in [0.15, 0.2) is 0 Å². The smallest absolute Gasteiger partial charge is 0.123 e. The van der Waals surface area contributed by atoms with Gasteiger partial charge in [0.1, 0.15) is 5.75 Å². The third kappa shape index (κ3) is 2.07. The molecule has 1 aliphatic rings. The van der Waals surface area contributed by atoms with E-state index in [0.29, 0.717) is 5.02 Å². The average molecular weight is 265 g/mol. The van der Waals surface area contributed by atoms with E-state index in [1.807, 2.05) is 19.2 Å². The van der Waals surface area contributed by atoms with Crippen LogP contribution in [-0.4, -0.2) is 14.2 Å². The van der Waals surface area contributed by atoms with E-state index in [0.717, 1.165) is 30.6 Å². The molecular formula is C14H17ClN2O. The second kappa shape index (κ2) is 5.17. The summed E-state index contributed by atoms with van der Waals surface area (Å²) >= 11 is 6.06. The highest BCUT2D eigenvalue weighted by molar-refractivity contribution is 6.30. The molecule has 1 unspecified atom stereocenters. The lowest BCUT2D eigenvalue weighted by Crippen LogP contribution is -2.41. The van der Waals surface area contributed by atoms with Gasteiger partial charge in [-0.05, 0) is 38.1 Å². The third-order valence-corrected chi connectivity index (χ3v) is 4.05. The second-order valence-corrected chi connectivity index (χ2v) is 5.17. The molecular weight excluding hydrogens is 248 g/mol. The summed E-state index contributed by atoms with van der Waals surface area (Å²) in [5.41, 5.74) is 0.640. The molecule has 0 radical (unpaired) electrons. The summed E-state index contributed by atoms with van der Waals surface area (Å²) in [5.74, 6) is 0.778. The first kappa shape index (κ1) is 13.2. The second-order valence-electron chi connectivity index (χ2n) is 4.73. The van der Waals surface area contributed by atoms with Crippen molar-refractivity contribution < 1.29 is 4.74 Å². The zero-order chi connectivity index (χ0) is 13.2. The number of nitrogens with zero attached hydrogens (tertiary/aromatic N) is 1. The Morgan fingerprint density at radius 2 is 2.22 bits per heavy atom. The van der Waals surface area contributed by atoms with E-state index in [1.165, 1.54) is 0 Å². The van der Waals surface area contributed by atoms with E-state index >= 15 is 0 Å². The normalized spacial score (nSPS) is 18.6. The maximum absolute atomic E-state index is 9.47. The van der Waals surface area contributed by atoms with E-state index in [9.17, 15) is 5.26 Å². The lowest BCUT2D eigenvalue weighted by Gasteiger charge is -2.42. The highest BCUT2D eigenvalue weighted by atomic mass is 35.5. The van der Waals surface area contributed by atoms with Crippen LogP contribution in [-0.2, 0) is 0 Å². The van der Waals surface area contributed by atoms with E-state index in [1.54, 1.807) is 13.2 Å². The van der Waals surface area contributed by atoms with Crippen molar-refractivity contribution in [3.8, 4) is 11.8 Å². The van der Waals surface area contributed by atoms with Crippen molar-refractivity contribution in [3.05, 3.63) is 28.8 Å². The molecule has 0 amide bonds. The number of halogens is 1. The van der Waals surface area contributed by atoms with Gasteiger partial charge in [-0.25, -0.2) is 0 Å². The van der Waals surface area contributed by atoms with Gasteiger partial charge in [0.25, 0.3) is 0 Å². The van der Waals surface area contributed by atoms with E-state index in [-0.39, 0.29) is 11.5 Å². The Kier molecular flexibility index (Phi) is 3.79. The van der Waals surface area contributed by atoms with E-state index < -0.39 is 0 Å². The third-order valence-electron chi connectivity index (χ3n) is 3.81. The minimum absolute atomic E-state index is 0.0371. The number of hydrogen-bond acceptors (Lipinski definition) is 3. The molecule has 0 aromatic heterocycles. The quantitative estimate of drug-likeness (QED) is 0.908. The molecule has 0 heterocycles. The van der Waals surface area contributed by atoms with Crippen LogP contribution >= 0.6 is 11.6 Å². The van der Waals surface area contributed by atoms with Gasteiger partial charge in [0, 0.05) is 10.6 Å². The fraction of sp³-hybridized carbons (Fsp3) is 0.500. The maximum Gasteiger partial charge on any atom is 0.123 e. The van der Waals surface area contributed by atoms with Gasteiger partial charge in [-0.3, -0.25) is 0 Å². The minimum atomic E-state index is -0.327. The highest BCUT2D eigenvalue weighted by Gasteiger charge is 2.45. The Hall–Kier alpha value is -1.24. The van der Waals surface area contributed by atoms with Crippen LogP contribution in [0.3, 0.4) is 0 Å². The summed E-state index contributed by atoms with van der Waals surface area (Å²) in [6, 6.07) is 7.98. The number of nitriles is 1. The van der Waals surface area contributed by atoms with Gasteiger partial charge in [-0.2, -0.15) is 5.26 Å². The van der Waals surface area contributed by atoms with Crippen molar-refractivity contribution in [2.24, 2.45) is 5.41 Å². The molecule has 0 spiro atoms. The predicted molar refractivity (Wildman–Crippen MR) is 71.7 cm³/mol. The average Bonchev–Trinajstić information content (AvgIpc) is 2.33. The fourth-order valence-electron chi connectivity index (χ4n) is 2.68. The van der Waals surface area contributed by atoms with Gasteiger partial charge < -0.3 is 10.1 Å². The number of rotatable bonds is 4. The standard InChI is InChI=1S/C14H17ClN2O/c1-17-13(14(9-16)6-3-7-14)11-8-10(15)4-5-12(11)18-2/h4-5,8,13,17H,3,6-7H2,1-2H3. The number of ether oxygens (including phenoxy) is 1. The molecule has 96 valence electrons. The molecule has 1 saturated carbocycles. The molecule has 1 atom stereocenters. The summed E-state index contributed by atoms with van der Waals surface area (Å²) in [7, 11) is 3.52. The van der Waals surface area contributed by atoms with Crippen LogP contribution in [0.25, 0.3) is 0 Å².